The van der Waals surface area contributed by atoms with Gasteiger partial charge < -0.3 is 20.3 Å². The van der Waals surface area contributed by atoms with E-state index in [1.807, 2.05) is 25.1 Å². The minimum atomic E-state index is 0.0471. The molecule has 5 nitrogen and oxygen atoms in total. The molecule has 2 N–H and O–H groups in total. The highest BCUT2D eigenvalue weighted by Gasteiger charge is 2.14. The minimum Gasteiger partial charge on any atom is -0.491 e. The number of hydrogen-bond acceptors (Lipinski definition) is 4. The van der Waals surface area contributed by atoms with E-state index in [1.165, 1.54) is 0 Å². The van der Waals surface area contributed by atoms with E-state index >= 15 is 0 Å². The van der Waals surface area contributed by atoms with Crippen molar-refractivity contribution in [2.45, 2.75) is 25.7 Å². The van der Waals surface area contributed by atoms with Gasteiger partial charge in [0, 0.05) is 18.7 Å². The van der Waals surface area contributed by atoms with E-state index in [9.17, 15) is 4.79 Å². The molecule has 0 bridgehead atoms. The maximum atomic E-state index is 12.1. The zero-order valence-electron chi connectivity index (χ0n) is 14.6. The number of nitrogens with zero attached hydrogens (tertiary/aromatic N) is 1. The van der Waals surface area contributed by atoms with Crippen LogP contribution in [-0.4, -0.2) is 51.1 Å². The molecule has 0 unspecified atom stereocenters. The Hall–Kier alpha value is -1.30. The van der Waals surface area contributed by atoms with Crippen molar-refractivity contribution in [1.82, 2.24) is 10.2 Å². The van der Waals surface area contributed by atoms with E-state index in [2.05, 4.69) is 10.6 Å². The quantitative estimate of drug-likeness (QED) is 0.754. The number of nitrogens with one attached hydrogen (secondary N) is 2. The van der Waals surface area contributed by atoms with Crippen molar-refractivity contribution in [3.8, 4) is 5.75 Å². The van der Waals surface area contributed by atoms with Crippen LogP contribution in [0.2, 0.25) is 5.02 Å². The van der Waals surface area contributed by atoms with Gasteiger partial charge in [0.05, 0.1) is 5.02 Å². The molecule has 1 aromatic rings. The predicted molar refractivity (Wildman–Crippen MR) is 99.0 cm³/mol. The fourth-order valence-corrected chi connectivity index (χ4v) is 3.00. The predicted octanol–water partition coefficient (Wildman–Crippen LogP) is 3.00. The summed E-state index contributed by atoms with van der Waals surface area (Å²) in [5.74, 6) is 1.35. The van der Waals surface area contributed by atoms with Crippen LogP contribution in [0.25, 0.3) is 0 Å². The Bertz CT molecular complexity index is 531. The van der Waals surface area contributed by atoms with Crippen LogP contribution < -0.4 is 15.4 Å². The zero-order valence-corrected chi connectivity index (χ0v) is 15.4. The molecule has 0 saturated carbocycles. The van der Waals surface area contributed by atoms with Crippen molar-refractivity contribution < 1.29 is 9.53 Å². The zero-order chi connectivity index (χ0) is 17.4. The third-order valence-corrected chi connectivity index (χ3v) is 4.55. The molecule has 0 atom stereocenters. The molecule has 1 aliphatic rings. The van der Waals surface area contributed by atoms with Gasteiger partial charge in [0.1, 0.15) is 12.4 Å². The van der Waals surface area contributed by atoms with Gasteiger partial charge in [-0.3, -0.25) is 4.79 Å². The highest BCUT2D eigenvalue weighted by atomic mass is 35.5. The van der Waals surface area contributed by atoms with Crippen molar-refractivity contribution in [2.75, 3.05) is 45.7 Å². The third-order valence-electron chi connectivity index (χ3n) is 4.25. The molecule has 1 aliphatic heterocycles. The second kappa shape index (κ2) is 9.87. The van der Waals surface area contributed by atoms with E-state index in [4.69, 9.17) is 16.3 Å². The fourth-order valence-electron chi connectivity index (χ4n) is 2.76. The van der Waals surface area contributed by atoms with Gasteiger partial charge in [-0.25, -0.2) is 0 Å². The van der Waals surface area contributed by atoms with Crippen LogP contribution in [0.3, 0.4) is 0 Å². The number of rotatable bonds is 8. The molecule has 1 aromatic carbocycles. The van der Waals surface area contributed by atoms with E-state index < -0.39 is 0 Å². The third kappa shape index (κ3) is 6.67. The van der Waals surface area contributed by atoms with Gasteiger partial charge in [0.2, 0.25) is 5.91 Å². The standard InChI is InChI=1S/C18H28ClN3O2/c1-22(2)11-12-24-17-5-4-15(13-16(17)19)21-18(23)6-3-14-7-9-20-10-8-14/h4-5,13-14,20H,3,6-12H2,1-2H3,(H,21,23). The molecule has 6 heteroatoms. The SMILES string of the molecule is CN(C)CCOc1ccc(NC(=O)CCC2CCNCC2)cc1Cl. The molecule has 24 heavy (non-hydrogen) atoms. The maximum Gasteiger partial charge on any atom is 0.224 e. The fraction of sp³-hybridized carbons (Fsp3) is 0.611. The van der Waals surface area contributed by atoms with Crippen molar-refractivity contribution in [3.05, 3.63) is 23.2 Å². The molecular weight excluding hydrogens is 326 g/mol. The van der Waals surface area contributed by atoms with Crippen LogP contribution in [-0.2, 0) is 4.79 Å². The Morgan fingerprint density at radius 3 is 2.79 bits per heavy atom. The maximum absolute atomic E-state index is 12.1. The van der Waals surface area contributed by atoms with Crippen LogP contribution in [0.1, 0.15) is 25.7 Å². The molecule has 0 aliphatic carbocycles. The molecule has 0 aromatic heterocycles. The number of benzene rings is 1. The summed E-state index contributed by atoms with van der Waals surface area (Å²) in [6.07, 6.45) is 3.84. The van der Waals surface area contributed by atoms with E-state index in [0.29, 0.717) is 29.7 Å². The minimum absolute atomic E-state index is 0.0471. The van der Waals surface area contributed by atoms with Crippen LogP contribution >= 0.6 is 11.6 Å². The number of hydrogen-bond donors (Lipinski definition) is 2. The molecule has 1 amide bonds. The van der Waals surface area contributed by atoms with Gasteiger partial charge in [-0.15, -0.1) is 0 Å². The highest BCUT2D eigenvalue weighted by molar-refractivity contribution is 6.32. The lowest BCUT2D eigenvalue weighted by molar-refractivity contribution is -0.116. The van der Waals surface area contributed by atoms with Gasteiger partial charge in [0.25, 0.3) is 0 Å². The van der Waals surface area contributed by atoms with Gasteiger partial charge >= 0.3 is 0 Å². The van der Waals surface area contributed by atoms with Gasteiger partial charge in [-0.2, -0.15) is 0 Å². The first kappa shape index (κ1) is 19.0. The van der Waals surface area contributed by atoms with Crippen molar-refractivity contribution in [3.63, 3.8) is 0 Å². The summed E-state index contributed by atoms with van der Waals surface area (Å²) in [6, 6.07) is 5.38. The average molecular weight is 354 g/mol. The largest absolute Gasteiger partial charge is 0.491 e. The molecule has 134 valence electrons. The normalized spacial score (nSPS) is 15.5. The number of halogens is 1. The number of amides is 1. The summed E-state index contributed by atoms with van der Waals surface area (Å²) >= 11 is 6.23. The lowest BCUT2D eigenvalue weighted by Crippen LogP contribution is -2.28. The van der Waals surface area contributed by atoms with E-state index in [-0.39, 0.29) is 5.91 Å². The van der Waals surface area contributed by atoms with E-state index in [1.54, 1.807) is 12.1 Å². The Balaban J connectivity index is 1.77. The Morgan fingerprint density at radius 2 is 2.12 bits per heavy atom. The number of ether oxygens (including phenoxy) is 1. The Labute approximate surface area is 149 Å². The second-order valence-electron chi connectivity index (χ2n) is 6.58. The monoisotopic (exact) mass is 353 g/mol. The van der Waals surface area contributed by atoms with Crippen molar-refractivity contribution in [2.24, 2.45) is 5.92 Å². The number of carbonyl (C=O) groups excluding carboxylic acids is 1. The number of likely N-dealkylation sites (N-methyl/N-ethyl adjacent to an activating group) is 1. The number of carbonyl (C=O) groups is 1. The summed E-state index contributed by atoms with van der Waals surface area (Å²) < 4.78 is 5.64. The molecule has 1 fully saturated rings. The Kier molecular flexibility index (Phi) is 7.82. The smallest absolute Gasteiger partial charge is 0.224 e. The molecule has 1 saturated heterocycles. The highest BCUT2D eigenvalue weighted by Crippen LogP contribution is 2.28. The Morgan fingerprint density at radius 1 is 1.38 bits per heavy atom. The summed E-state index contributed by atoms with van der Waals surface area (Å²) in [4.78, 5) is 14.1. The second-order valence-corrected chi connectivity index (χ2v) is 6.98. The molecular formula is C18H28ClN3O2. The summed E-state index contributed by atoms with van der Waals surface area (Å²) in [6.45, 7) is 3.54. The summed E-state index contributed by atoms with van der Waals surface area (Å²) in [5, 5.41) is 6.78. The lowest BCUT2D eigenvalue weighted by atomic mass is 9.93. The van der Waals surface area contributed by atoms with Gasteiger partial charge in [0.15, 0.2) is 0 Å². The first-order chi connectivity index (χ1) is 11.5. The topological polar surface area (TPSA) is 53.6 Å². The van der Waals surface area contributed by atoms with Crippen LogP contribution in [0.4, 0.5) is 5.69 Å². The summed E-state index contributed by atoms with van der Waals surface area (Å²) in [5.41, 5.74) is 0.718. The molecule has 0 radical (unpaired) electrons. The van der Waals surface area contributed by atoms with Crippen LogP contribution in [0.5, 0.6) is 5.75 Å². The van der Waals surface area contributed by atoms with Gasteiger partial charge in [-0.1, -0.05) is 11.6 Å². The average Bonchev–Trinajstić information content (AvgIpc) is 2.56. The van der Waals surface area contributed by atoms with Crippen LogP contribution in [0.15, 0.2) is 18.2 Å². The first-order valence-electron chi connectivity index (χ1n) is 8.62. The first-order valence-corrected chi connectivity index (χ1v) is 9.00. The van der Waals surface area contributed by atoms with Gasteiger partial charge in [-0.05, 0) is 70.6 Å². The van der Waals surface area contributed by atoms with Crippen LogP contribution in [0, 0.1) is 5.92 Å². The summed E-state index contributed by atoms with van der Waals surface area (Å²) in [7, 11) is 3.99. The molecule has 0 spiro atoms. The van der Waals surface area contributed by atoms with Crippen molar-refractivity contribution in [1.29, 1.82) is 0 Å². The van der Waals surface area contributed by atoms with E-state index in [0.717, 1.165) is 44.6 Å². The number of anilines is 1. The number of piperidine rings is 1. The lowest BCUT2D eigenvalue weighted by Gasteiger charge is -2.22. The molecule has 1 heterocycles. The molecule has 2 rings (SSSR count). The van der Waals surface area contributed by atoms with Crippen molar-refractivity contribution >= 4 is 23.2 Å².